The van der Waals surface area contributed by atoms with Crippen molar-refractivity contribution >= 4 is 11.0 Å². The van der Waals surface area contributed by atoms with Gasteiger partial charge in [0.15, 0.2) is 11.5 Å². The van der Waals surface area contributed by atoms with Crippen molar-refractivity contribution in [2.45, 2.75) is 13.1 Å². The lowest BCUT2D eigenvalue weighted by molar-refractivity contribution is 0.0890. The van der Waals surface area contributed by atoms with Crippen LogP contribution in [-0.4, -0.2) is 25.9 Å². The predicted octanol–water partition coefficient (Wildman–Crippen LogP) is 4.95. The Morgan fingerprint density at radius 3 is 2.45 bits per heavy atom. The van der Waals surface area contributed by atoms with E-state index < -0.39 is 0 Å². The molecule has 1 aliphatic heterocycles. The van der Waals surface area contributed by atoms with Crippen LogP contribution in [0.25, 0.3) is 11.0 Å². The van der Waals surface area contributed by atoms with E-state index in [4.69, 9.17) is 23.4 Å². The molecule has 0 radical (unpaired) electrons. The summed E-state index contributed by atoms with van der Waals surface area (Å²) in [6.07, 6.45) is 1.35. The molecule has 3 aromatic carbocycles. The molecule has 1 aromatic heterocycles. The van der Waals surface area contributed by atoms with Crippen LogP contribution in [0.4, 0.5) is 0 Å². The second-order valence-electron chi connectivity index (χ2n) is 7.71. The number of benzene rings is 3. The van der Waals surface area contributed by atoms with Crippen molar-refractivity contribution in [3.05, 3.63) is 88.3 Å². The van der Waals surface area contributed by atoms with Gasteiger partial charge in [-0.25, -0.2) is 0 Å². The lowest BCUT2D eigenvalue weighted by atomic mass is 10.1. The van der Waals surface area contributed by atoms with E-state index in [0.29, 0.717) is 42.3 Å². The highest BCUT2D eigenvalue weighted by Gasteiger charge is 2.23. The van der Waals surface area contributed by atoms with Crippen LogP contribution in [0.3, 0.4) is 0 Å². The highest BCUT2D eigenvalue weighted by molar-refractivity contribution is 5.83. The van der Waals surface area contributed by atoms with Crippen LogP contribution in [-0.2, 0) is 13.1 Å². The highest BCUT2D eigenvalue weighted by Crippen LogP contribution is 2.34. The normalized spacial score (nSPS) is 13.3. The fourth-order valence-electron chi connectivity index (χ4n) is 3.92. The predicted molar refractivity (Wildman–Crippen MR) is 123 cm³/mol. The van der Waals surface area contributed by atoms with E-state index in [1.165, 1.54) is 6.26 Å². The van der Waals surface area contributed by atoms with E-state index in [0.717, 1.165) is 22.6 Å². The van der Waals surface area contributed by atoms with Crippen LogP contribution in [0.2, 0.25) is 0 Å². The maximum absolute atomic E-state index is 13.2. The number of methoxy groups -OCH3 is 2. The Morgan fingerprint density at radius 1 is 0.909 bits per heavy atom. The molecule has 0 amide bonds. The summed E-state index contributed by atoms with van der Waals surface area (Å²) < 4.78 is 28.2. The van der Waals surface area contributed by atoms with Crippen molar-refractivity contribution in [2.75, 3.05) is 21.0 Å². The van der Waals surface area contributed by atoms with Crippen LogP contribution >= 0.6 is 0 Å². The van der Waals surface area contributed by atoms with Crippen LogP contribution in [0.5, 0.6) is 28.7 Å². The summed E-state index contributed by atoms with van der Waals surface area (Å²) in [6.45, 7) is 1.73. The zero-order valence-corrected chi connectivity index (χ0v) is 18.4. The number of hydrogen-bond donors (Lipinski definition) is 0. The van der Waals surface area contributed by atoms with Gasteiger partial charge in [0.25, 0.3) is 0 Å². The Balaban J connectivity index is 1.43. The van der Waals surface area contributed by atoms with E-state index >= 15 is 0 Å². The minimum atomic E-state index is -0.253. The molecular weight excluding hydrogens is 422 g/mol. The van der Waals surface area contributed by atoms with Crippen molar-refractivity contribution in [1.29, 1.82) is 0 Å². The summed E-state index contributed by atoms with van der Waals surface area (Å²) in [5.41, 5.74) is 2.23. The Labute approximate surface area is 190 Å². The Kier molecular flexibility index (Phi) is 5.62. The van der Waals surface area contributed by atoms with Gasteiger partial charge in [-0.15, -0.1) is 0 Å². The minimum Gasteiger partial charge on any atom is -0.497 e. The zero-order chi connectivity index (χ0) is 22.8. The molecule has 7 nitrogen and oxygen atoms in total. The average molecular weight is 445 g/mol. The first-order chi connectivity index (χ1) is 16.2. The molecule has 0 spiro atoms. The van der Waals surface area contributed by atoms with Crippen LogP contribution < -0.4 is 24.4 Å². The van der Waals surface area contributed by atoms with E-state index in [9.17, 15) is 4.79 Å². The van der Waals surface area contributed by atoms with Crippen molar-refractivity contribution < 1.29 is 23.4 Å². The first-order valence-electron chi connectivity index (χ1n) is 10.5. The monoisotopic (exact) mass is 445 g/mol. The van der Waals surface area contributed by atoms with Gasteiger partial charge in [0, 0.05) is 13.1 Å². The molecule has 0 atom stereocenters. The fourth-order valence-corrected chi connectivity index (χ4v) is 3.92. The smallest absolute Gasteiger partial charge is 0.235 e. The molecule has 0 aliphatic carbocycles. The molecule has 0 fully saturated rings. The molecule has 1 aliphatic rings. The standard InChI is InChI=1S/C26H23NO6/c1-29-18-9-7-17(8-10-18)13-27-14-20-21(32-16-27)12-11-19-25(28)24(15-31-26(19)20)33-23-6-4-3-5-22(23)30-2/h3-12,15H,13-14,16H2,1-2H3. The Bertz CT molecular complexity index is 1350. The molecule has 4 aromatic rings. The summed E-state index contributed by atoms with van der Waals surface area (Å²) in [5, 5.41) is 0.441. The molecule has 2 heterocycles. The Morgan fingerprint density at radius 2 is 1.70 bits per heavy atom. The van der Waals surface area contributed by atoms with Gasteiger partial charge < -0.3 is 23.4 Å². The number of ether oxygens (including phenoxy) is 4. The molecule has 0 saturated carbocycles. The SMILES string of the molecule is COc1ccc(CN2COc3ccc4c(=O)c(Oc5ccccc5OC)coc4c3C2)cc1. The molecule has 0 bridgehead atoms. The van der Waals surface area contributed by atoms with Gasteiger partial charge in [-0.1, -0.05) is 24.3 Å². The van der Waals surface area contributed by atoms with Gasteiger partial charge >= 0.3 is 0 Å². The summed E-state index contributed by atoms with van der Waals surface area (Å²) >= 11 is 0. The van der Waals surface area contributed by atoms with Gasteiger partial charge in [-0.05, 0) is 42.0 Å². The number of nitrogens with zero attached hydrogens (tertiary/aromatic N) is 1. The lowest BCUT2D eigenvalue weighted by Gasteiger charge is -2.29. The maximum Gasteiger partial charge on any atom is 0.235 e. The van der Waals surface area contributed by atoms with E-state index in [1.54, 1.807) is 32.4 Å². The Hall–Kier alpha value is -3.97. The molecule has 0 N–H and O–H groups in total. The van der Waals surface area contributed by atoms with E-state index in [2.05, 4.69) is 4.90 Å². The van der Waals surface area contributed by atoms with Crippen molar-refractivity contribution in [2.24, 2.45) is 0 Å². The van der Waals surface area contributed by atoms with Gasteiger partial charge in [-0.3, -0.25) is 9.69 Å². The third-order valence-corrected chi connectivity index (χ3v) is 5.61. The van der Waals surface area contributed by atoms with E-state index in [1.807, 2.05) is 42.5 Å². The third kappa shape index (κ3) is 4.10. The molecule has 5 rings (SSSR count). The molecule has 33 heavy (non-hydrogen) atoms. The topological polar surface area (TPSA) is 70.4 Å². The van der Waals surface area contributed by atoms with E-state index in [-0.39, 0.29) is 11.2 Å². The van der Waals surface area contributed by atoms with Crippen LogP contribution in [0.15, 0.2) is 76.1 Å². The van der Waals surface area contributed by atoms with Crippen molar-refractivity contribution in [3.63, 3.8) is 0 Å². The first-order valence-corrected chi connectivity index (χ1v) is 10.5. The number of fused-ring (bicyclic) bond motifs is 3. The minimum absolute atomic E-state index is 0.0961. The summed E-state index contributed by atoms with van der Waals surface area (Å²) in [4.78, 5) is 15.3. The molecule has 0 saturated heterocycles. The van der Waals surface area contributed by atoms with Crippen LogP contribution in [0, 0.1) is 0 Å². The molecule has 7 heteroatoms. The first kappa shape index (κ1) is 20.9. The molecule has 0 unspecified atom stereocenters. The van der Waals surface area contributed by atoms with Crippen molar-refractivity contribution in [1.82, 2.24) is 4.90 Å². The number of para-hydroxylation sites is 2. The second-order valence-corrected chi connectivity index (χ2v) is 7.71. The number of hydrogen-bond acceptors (Lipinski definition) is 7. The average Bonchev–Trinajstić information content (AvgIpc) is 2.86. The lowest BCUT2D eigenvalue weighted by Crippen LogP contribution is -2.31. The maximum atomic E-state index is 13.2. The van der Waals surface area contributed by atoms with Crippen molar-refractivity contribution in [3.8, 4) is 28.7 Å². The van der Waals surface area contributed by atoms with Gasteiger partial charge in [0.05, 0.1) is 25.2 Å². The second kappa shape index (κ2) is 8.88. The fraction of sp³-hybridized carbons (Fsp3) is 0.192. The third-order valence-electron chi connectivity index (χ3n) is 5.61. The zero-order valence-electron chi connectivity index (χ0n) is 18.4. The summed E-state index contributed by atoms with van der Waals surface area (Å²) in [5.74, 6) is 2.61. The van der Waals surface area contributed by atoms with Gasteiger partial charge in [-0.2, -0.15) is 0 Å². The van der Waals surface area contributed by atoms with Gasteiger partial charge in [0.1, 0.15) is 30.1 Å². The highest BCUT2D eigenvalue weighted by atomic mass is 16.5. The van der Waals surface area contributed by atoms with Crippen LogP contribution in [0.1, 0.15) is 11.1 Å². The quantitative estimate of drug-likeness (QED) is 0.416. The largest absolute Gasteiger partial charge is 0.497 e. The molecular formula is C26H23NO6. The summed E-state index contributed by atoms with van der Waals surface area (Å²) in [6, 6.07) is 18.6. The van der Waals surface area contributed by atoms with Gasteiger partial charge in [0.2, 0.25) is 11.2 Å². The summed E-state index contributed by atoms with van der Waals surface area (Å²) in [7, 11) is 3.20. The molecule has 168 valence electrons. The number of rotatable bonds is 6.